The van der Waals surface area contributed by atoms with Crippen molar-refractivity contribution in [3.63, 3.8) is 0 Å². The average molecular weight is 245 g/mol. The van der Waals surface area contributed by atoms with E-state index >= 15 is 0 Å². The van der Waals surface area contributed by atoms with Gasteiger partial charge in [-0.05, 0) is 49.7 Å². The maximum atomic E-state index is 6.23. The first-order chi connectivity index (χ1) is 8.65. The molecule has 1 heterocycles. The van der Waals surface area contributed by atoms with Crippen LogP contribution in [0.2, 0.25) is 0 Å². The molecule has 1 fully saturated rings. The van der Waals surface area contributed by atoms with Crippen LogP contribution in [0, 0.1) is 18.8 Å². The van der Waals surface area contributed by atoms with Crippen LogP contribution in [-0.4, -0.2) is 12.1 Å². The zero-order valence-corrected chi connectivity index (χ0v) is 11.6. The predicted molar refractivity (Wildman–Crippen MR) is 75.2 cm³/mol. The molecule has 0 aromatic heterocycles. The molecule has 2 heteroatoms. The van der Waals surface area contributed by atoms with Crippen molar-refractivity contribution >= 4 is 5.69 Å². The number of hydrogen-bond acceptors (Lipinski definition) is 2. The molecule has 0 bridgehead atoms. The summed E-state index contributed by atoms with van der Waals surface area (Å²) >= 11 is 0. The van der Waals surface area contributed by atoms with Gasteiger partial charge in [-0.25, -0.2) is 0 Å². The van der Waals surface area contributed by atoms with Crippen molar-refractivity contribution in [1.29, 1.82) is 0 Å². The van der Waals surface area contributed by atoms with E-state index in [1.807, 2.05) is 0 Å². The Labute approximate surface area is 110 Å². The number of para-hydroxylation sites is 1. The van der Waals surface area contributed by atoms with Crippen LogP contribution in [0.25, 0.3) is 0 Å². The summed E-state index contributed by atoms with van der Waals surface area (Å²) in [7, 11) is 0. The summed E-state index contributed by atoms with van der Waals surface area (Å²) in [5, 5.41) is 3.70. The van der Waals surface area contributed by atoms with Crippen molar-refractivity contribution in [2.45, 2.75) is 52.2 Å². The smallest absolute Gasteiger partial charge is 0.145 e. The molecule has 1 aromatic rings. The van der Waals surface area contributed by atoms with Crippen molar-refractivity contribution < 1.29 is 4.74 Å². The first-order valence-electron chi connectivity index (χ1n) is 7.18. The zero-order chi connectivity index (χ0) is 12.7. The Morgan fingerprint density at radius 1 is 1.28 bits per heavy atom. The van der Waals surface area contributed by atoms with Gasteiger partial charge in [0, 0.05) is 0 Å². The second kappa shape index (κ2) is 4.49. The Kier molecular flexibility index (Phi) is 2.96. The van der Waals surface area contributed by atoms with Crippen molar-refractivity contribution in [2.24, 2.45) is 11.8 Å². The Bertz CT molecular complexity index is 441. The van der Waals surface area contributed by atoms with Gasteiger partial charge in [-0.15, -0.1) is 0 Å². The minimum absolute atomic E-state index is 0.369. The largest absolute Gasteiger partial charge is 0.486 e. The van der Waals surface area contributed by atoms with Gasteiger partial charge in [-0.3, -0.25) is 0 Å². The summed E-state index contributed by atoms with van der Waals surface area (Å²) in [4.78, 5) is 0. The zero-order valence-electron chi connectivity index (χ0n) is 11.6. The Balaban J connectivity index is 1.82. The number of nitrogens with one attached hydrogen (secondary N) is 1. The number of rotatable bonds is 1. The van der Waals surface area contributed by atoms with Gasteiger partial charge in [0.1, 0.15) is 11.9 Å². The topological polar surface area (TPSA) is 21.3 Å². The number of anilines is 1. The molecule has 1 saturated carbocycles. The highest BCUT2D eigenvalue weighted by molar-refractivity contribution is 5.62. The van der Waals surface area contributed by atoms with E-state index in [1.165, 1.54) is 30.5 Å². The van der Waals surface area contributed by atoms with E-state index in [1.54, 1.807) is 0 Å². The van der Waals surface area contributed by atoms with Gasteiger partial charge in [0.2, 0.25) is 0 Å². The molecule has 1 aliphatic heterocycles. The third-order valence-corrected chi connectivity index (χ3v) is 4.59. The fourth-order valence-electron chi connectivity index (χ4n) is 3.35. The van der Waals surface area contributed by atoms with Crippen molar-refractivity contribution in [3.05, 3.63) is 23.8 Å². The lowest BCUT2D eigenvalue weighted by molar-refractivity contribution is 0.0941. The fraction of sp³-hybridized carbons (Fsp3) is 0.625. The molecular formula is C16H23NO. The highest BCUT2D eigenvalue weighted by atomic mass is 16.5. The quantitative estimate of drug-likeness (QED) is 0.807. The van der Waals surface area contributed by atoms with Gasteiger partial charge in [-0.1, -0.05) is 26.0 Å². The van der Waals surface area contributed by atoms with Gasteiger partial charge < -0.3 is 10.1 Å². The lowest BCUT2D eigenvalue weighted by Crippen LogP contribution is -2.46. The lowest BCUT2D eigenvalue weighted by Gasteiger charge is -2.42. The molecule has 18 heavy (non-hydrogen) atoms. The van der Waals surface area contributed by atoms with E-state index in [2.05, 4.69) is 44.3 Å². The summed E-state index contributed by atoms with van der Waals surface area (Å²) in [5.74, 6) is 2.70. The second-order valence-electron chi connectivity index (χ2n) is 6.18. The van der Waals surface area contributed by atoms with Crippen molar-refractivity contribution in [1.82, 2.24) is 0 Å². The van der Waals surface area contributed by atoms with Crippen LogP contribution < -0.4 is 10.1 Å². The van der Waals surface area contributed by atoms with E-state index in [0.717, 1.165) is 17.6 Å². The van der Waals surface area contributed by atoms with Gasteiger partial charge in [0.15, 0.2) is 0 Å². The average Bonchev–Trinajstić information content (AvgIpc) is 2.36. The molecule has 1 aliphatic carbocycles. The minimum atomic E-state index is 0.369. The van der Waals surface area contributed by atoms with Gasteiger partial charge in [-0.2, -0.15) is 0 Å². The third kappa shape index (κ3) is 1.98. The van der Waals surface area contributed by atoms with Crippen LogP contribution in [0.15, 0.2) is 18.2 Å². The standard InChI is InChI=1S/C16H23NO/c1-10(2)12-7-8-15-14(9-12)17-13-6-4-5-11(3)16(13)18-15/h4-6,10,12,14-15,17H,7-9H2,1-3H3. The van der Waals surface area contributed by atoms with Crippen LogP contribution in [0.1, 0.15) is 38.7 Å². The molecule has 3 atom stereocenters. The summed E-state index contributed by atoms with van der Waals surface area (Å²) in [5.41, 5.74) is 2.42. The maximum absolute atomic E-state index is 6.23. The predicted octanol–water partition coefficient (Wildman–Crippen LogP) is 3.99. The summed E-state index contributed by atoms with van der Waals surface area (Å²) < 4.78 is 6.23. The molecule has 0 spiro atoms. The molecule has 0 saturated heterocycles. The molecule has 0 radical (unpaired) electrons. The van der Waals surface area contributed by atoms with Crippen LogP contribution in [0.5, 0.6) is 5.75 Å². The Morgan fingerprint density at radius 2 is 2.11 bits per heavy atom. The molecule has 2 aliphatic rings. The number of benzene rings is 1. The fourth-order valence-corrected chi connectivity index (χ4v) is 3.35. The minimum Gasteiger partial charge on any atom is -0.486 e. The van der Waals surface area contributed by atoms with Crippen molar-refractivity contribution in [2.75, 3.05) is 5.32 Å². The van der Waals surface area contributed by atoms with Gasteiger partial charge in [0.25, 0.3) is 0 Å². The molecule has 1 aromatic carbocycles. The summed E-state index contributed by atoms with van der Waals surface area (Å²) in [6, 6.07) is 6.87. The van der Waals surface area contributed by atoms with Crippen LogP contribution >= 0.6 is 0 Å². The van der Waals surface area contributed by atoms with Crippen LogP contribution in [0.4, 0.5) is 5.69 Å². The Hall–Kier alpha value is -1.18. The highest BCUT2D eigenvalue weighted by Crippen LogP contribution is 2.41. The van der Waals surface area contributed by atoms with Gasteiger partial charge in [0.05, 0.1) is 11.7 Å². The van der Waals surface area contributed by atoms with E-state index < -0.39 is 0 Å². The van der Waals surface area contributed by atoms with Gasteiger partial charge >= 0.3 is 0 Å². The molecule has 0 amide bonds. The number of hydrogen-bond donors (Lipinski definition) is 1. The summed E-state index contributed by atoms with van der Waals surface area (Å²) in [6.45, 7) is 6.81. The van der Waals surface area contributed by atoms with E-state index in [-0.39, 0.29) is 0 Å². The molecule has 3 rings (SSSR count). The molecule has 3 unspecified atom stereocenters. The first kappa shape index (κ1) is 11.9. The van der Waals surface area contributed by atoms with E-state index in [4.69, 9.17) is 4.74 Å². The SMILES string of the molecule is Cc1cccc2c1OC1CCC(C(C)C)CC1N2. The van der Waals surface area contributed by atoms with Crippen LogP contribution in [-0.2, 0) is 0 Å². The number of ether oxygens (including phenoxy) is 1. The molecule has 2 nitrogen and oxygen atoms in total. The van der Waals surface area contributed by atoms with E-state index in [0.29, 0.717) is 12.1 Å². The summed E-state index contributed by atoms with van der Waals surface area (Å²) in [6.07, 6.45) is 4.11. The second-order valence-corrected chi connectivity index (χ2v) is 6.18. The third-order valence-electron chi connectivity index (χ3n) is 4.59. The Morgan fingerprint density at radius 3 is 2.89 bits per heavy atom. The number of aryl methyl sites for hydroxylation is 1. The lowest BCUT2D eigenvalue weighted by atomic mass is 9.77. The molecule has 98 valence electrons. The number of fused-ring (bicyclic) bond motifs is 2. The first-order valence-corrected chi connectivity index (χ1v) is 7.18. The van der Waals surface area contributed by atoms with Crippen LogP contribution in [0.3, 0.4) is 0 Å². The maximum Gasteiger partial charge on any atom is 0.145 e. The van der Waals surface area contributed by atoms with Crippen molar-refractivity contribution in [3.8, 4) is 5.75 Å². The monoisotopic (exact) mass is 245 g/mol. The normalized spacial score (nSPS) is 30.1. The van der Waals surface area contributed by atoms with E-state index in [9.17, 15) is 0 Å². The molecule has 1 N–H and O–H groups in total. The molecular weight excluding hydrogens is 222 g/mol. The highest BCUT2D eigenvalue weighted by Gasteiger charge is 2.36.